The van der Waals surface area contributed by atoms with Crippen LogP contribution in [0, 0.1) is 12.3 Å². The van der Waals surface area contributed by atoms with Crippen molar-refractivity contribution >= 4 is 11.9 Å². The van der Waals surface area contributed by atoms with Gasteiger partial charge in [-0.15, -0.1) is 0 Å². The third kappa shape index (κ3) is 2.18. The lowest BCUT2D eigenvalue weighted by molar-refractivity contribution is -0.147. The van der Waals surface area contributed by atoms with Crippen molar-refractivity contribution < 1.29 is 14.7 Å². The van der Waals surface area contributed by atoms with Crippen molar-refractivity contribution in [1.29, 1.82) is 0 Å². The quantitative estimate of drug-likeness (QED) is 0.835. The Balaban J connectivity index is 2.15. The highest BCUT2D eigenvalue weighted by Gasteiger charge is 2.42. The monoisotopic (exact) mass is 249 g/mol. The van der Waals surface area contributed by atoms with Crippen LogP contribution in [0.2, 0.25) is 0 Å². The number of carbonyl (C=O) groups excluding carboxylic acids is 1. The molecule has 1 fully saturated rings. The van der Waals surface area contributed by atoms with E-state index in [0.29, 0.717) is 24.4 Å². The number of carboxylic acids is 1. The number of aromatic nitrogens is 2. The highest BCUT2D eigenvalue weighted by molar-refractivity contribution is 5.93. The van der Waals surface area contributed by atoms with Gasteiger partial charge in [0.25, 0.3) is 5.91 Å². The summed E-state index contributed by atoms with van der Waals surface area (Å²) in [6, 6.07) is 1.61. The van der Waals surface area contributed by atoms with Crippen LogP contribution in [-0.4, -0.2) is 44.9 Å². The van der Waals surface area contributed by atoms with Gasteiger partial charge < -0.3 is 10.0 Å². The highest BCUT2D eigenvalue weighted by atomic mass is 16.4. The third-order valence-corrected chi connectivity index (χ3v) is 3.30. The first kappa shape index (κ1) is 12.5. The van der Waals surface area contributed by atoms with Crippen LogP contribution in [0.1, 0.15) is 29.5 Å². The molecule has 1 aromatic rings. The Morgan fingerprint density at radius 1 is 1.44 bits per heavy atom. The lowest BCUT2D eigenvalue weighted by Crippen LogP contribution is -2.35. The van der Waals surface area contributed by atoms with Crippen LogP contribution in [0.15, 0.2) is 12.4 Å². The molecule has 6 heteroatoms. The van der Waals surface area contributed by atoms with Crippen molar-refractivity contribution in [2.24, 2.45) is 5.41 Å². The Hall–Kier alpha value is -1.98. The van der Waals surface area contributed by atoms with Crippen LogP contribution in [0.3, 0.4) is 0 Å². The van der Waals surface area contributed by atoms with Gasteiger partial charge in [-0.05, 0) is 26.3 Å². The minimum Gasteiger partial charge on any atom is -0.481 e. The number of nitrogens with zero attached hydrogens (tertiary/aromatic N) is 3. The van der Waals surface area contributed by atoms with Gasteiger partial charge in [0.15, 0.2) is 0 Å². The molecule has 1 unspecified atom stereocenters. The molecule has 0 saturated carbocycles. The minimum atomic E-state index is -0.864. The second kappa shape index (κ2) is 4.36. The van der Waals surface area contributed by atoms with Gasteiger partial charge in [0.1, 0.15) is 12.0 Å². The predicted molar refractivity (Wildman–Crippen MR) is 63.0 cm³/mol. The highest BCUT2D eigenvalue weighted by Crippen LogP contribution is 2.30. The van der Waals surface area contributed by atoms with Crippen LogP contribution < -0.4 is 0 Å². The number of carbonyl (C=O) groups is 2. The zero-order valence-corrected chi connectivity index (χ0v) is 10.4. The van der Waals surface area contributed by atoms with E-state index in [0.717, 1.165) is 0 Å². The Bertz CT molecular complexity index is 503. The van der Waals surface area contributed by atoms with Crippen LogP contribution in [-0.2, 0) is 4.79 Å². The lowest BCUT2D eigenvalue weighted by Gasteiger charge is -2.19. The minimum absolute atomic E-state index is 0.226. The zero-order chi connectivity index (χ0) is 13.3. The molecule has 1 amide bonds. The summed E-state index contributed by atoms with van der Waals surface area (Å²) in [5.74, 6) is -1.10. The number of aryl methyl sites for hydroxylation is 1. The van der Waals surface area contributed by atoms with Gasteiger partial charge in [0.2, 0.25) is 0 Å². The molecule has 0 radical (unpaired) electrons. The smallest absolute Gasteiger partial charge is 0.311 e. The molecule has 1 aliphatic rings. The second-order valence-corrected chi connectivity index (χ2v) is 4.89. The number of hydrogen-bond acceptors (Lipinski definition) is 4. The number of hydrogen-bond donors (Lipinski definition) is 1. The molecule has 0 aliphatic carbocycles. The number of amides is 1. The van der Waals surface area contributed by atoms with Crippen molar-refractivity contribution in [3.63, 3.8) is 0 Å². The Labute approximate surface area is 105 Å². The summed E-state index contributed by atoms with van der Waals surface area (Å²) in [7, 11) is 0. The summed E-state index contributed by atoms with van der Waals surface area (Å²) in [6.45, 7) is 4.12. The average Bonchev–Trinajstić information content (AvgIpc) is 2.72. The molecule has 0 aromatic carbocycles. The number of rotatable bonds is 2. The Morgan fingerprint density at radius 2 is 2.17 bits per heavy atom. The summed E-state index contributed by atoms with van der Waals surface area (Å²) in [6.07, 6.45) is 1.81. The SMILES string of the molecule is Cc1cc(C(=O)N2CCC(C)(C(=O)O)C2)ncn1. The fourth-order valence-corrected chi connectivity index (χ4v) is 2.04. The summed E-state index contributed by atoms with van der Waals surface area (Å²) in [5, 5.41) is 9.12. The molecule has 96 valence electrons. The standard InChI is InChI=1S/C12H15N3O3/c1-8-5-9(14-7-13-8)10(16)15-4-3-12(2,6-15)11(17)18/h5,7H,3-4,6H2,1-2H3,(H,17,18). The Morgan fingerprint density at radius 3 is 2.72 bits per heavy atom. The summed E-state index contributed by atoms with van der Waals surface area (Å²) >= 11 is 0. The largest absolute Gasteiger partial charge is 0.481 e. The molecule has 6 nitrogen and oxygen atoms in total. The normalized spacial score (nSPS) is 23.1. The maximum absolute atomic E-state index is 12.2. The van der Waals surface area contributed by atoms with Crippen molar-refractivity contribution in [1.82, 2.24) is 14.9 Å². The molecule has 2 rings (SSSR count). The molecular formula is C12H15N3O3. The summed E-state index contributed by atoms with van der Waals surface area (Å²) in [5.41, 5.74) is 0.184. The maximum Gasteiger partial charge on any atom is 0.311 e. The molecule has 1 N–H and O–H groups in total. The van der Waals surface area contributed by atoms with E-state index >= 15 is 0 Å². The summed E-state index contributed by atoms with van der Waals surface area (Å²) < 4.78 is 0. The molecular weight excluding hydrogens is 234 g/mol. The van der Waals surface area contributed by atoms with E-state index in [-0.39, 0.29) is 12.5 Å². The van der Waals surface area contributed by atoms with Crippen LogP contribution in [0.25, 0.3) is 0 Å². The van der Waals surface area contributed by atoms with Crippen molar-refractivity contribution in [3.8, 4) is 0 Å². The molecule has 1 aliphatic heterocycles. The van der Waals surface area contributed by atoms with E-state index in [1.54, 1.807) is 19.9 Å². The zero-order valence-electron chi connectivity index (χ0n) is 10.4. The van der Waals surface area contributed by atoms with E-state index in [2.05, 4.69) is 9.97 Å². The second-order valence-electron chi connectivity index (χ2n) is 4.89. The molecule has 2 heterocycles. The molecule has 1 atom stereocenters. The molecule has 1 aromatic heterocycles. The van der Waals surface area contributed by atoms with E-state index in [4.69, 9.17) is 5.11 Å². The first-order valence-electron chi connectivity index (χ1n) is 5.74. The number of carboxylic acid groups (broad SMARTS) is 1. The van der Waals surface area contributed by atoms with E-state index in [9.17, 15) is 9.59 Å². The first-order chi connectivity index (χ1) is 8.42. The van der Waals surface area contributed by atoms with Crippen LogP contribution in [0.4, 0.5) is 0 Å². The molecule has 0 spiro atoms. The van der Waals surface area contributed by atoms with Gasteiger partial charge in [0, 0.05) is 18.8 Å². The van der Waals surface area contributed by atoms with E-state index in [1.165, 1.54) is 11.2 Å². The number of likely N-dealkylation sites (tertiary alicyclic amines) is 1. The van der Waals surface area contributed by atoms with Crippen molar-refractivity contribution in [2.45, 2.75) is 20.3 Å². The van der Waals surface area contributed by atoms with Gasteiger partial charge in [-0.1, -0.05) is 0 Å². The van der Waals surface area contributed by atoms with Gasteiger partial charge in [-0.25, -0.2) is 9.97 Å². The first-order valence-corrected chi connectivity index (χ1v) is 5.74. The fraction of sp³-hybridized carbons (Fsp3) is 0.500. The average molecular weight is 249 g/mol. The van der Waals surface area contributed by atoms with Gasteiger partial charge in [-0.3, -0.25) is 9.59 Å². The number of aliphatic carboxylic acids is 1. The van der Waals surface area contributed by atoms with E-state index < -0.39 is 11.4 Å². The van der Waals surface area contributed by atoms with Crippen LogP contribution in [0.5, 0.6) is 0 Å². The van der Waals surface area contributed by atoms with Gasteiger partial charge in [0.05, 0.1) is 5.41 Å². The van der Waals surface area contributed by atoms with Crippen molar-refractivity contribution in [2.75, 3.05) is 13.1 Å². The molecule has 1 saturated heterocycles. The van der Waals surface area contributed by atoms with E-state index in [1.807, 2.05) is 0 Å². The predicted octanol–water partition coefficient (Wildman–Crippen LogP) is 0.722. The lowest BCUT2D eigenvalue weighted by atomic mass is 9.90. The summed E-state index contributed by atoms with van der Waals surface area (Å²) in [4.78, 5) is 32.7. The van der Waals surface area contributed by atoms with Gasteiger partial charge >= 0.3 is 5.97 Å². The maximum atomic E-state index is 12.2. The Kier molecular flexibility index (Phi) is 3.02. The van der Waals surface area contributed by atoms with Crippen molar-refractivity contribution in [3.05, 3.63) is 23.8 Å². The third-order valence-electron chi connectivity index (χ3n) is 3.30. The molecule has 18 heavy (non-hydrogen) atoms. The fourth-order valence-electron chi connectivity index (χ4n) is 2.04. The topological polar surface area (TPSA) is 83.4 Å². The molecule has 0 bridgehead atoms. The van der Waals surface area contributed by atoms with Gasteiger partial charge in [-0.2, -0.15) is 0 Å². The van der Waals surface area contributed by atoms with Crippen LogP contribution >= 0.6 is 0 Å².